The summed E-state index contributed by atoms with van der Waals surface area (Å²) in [6.07, 6.45) is -4.43. The summed E-state index contributed by atoms with van der Waals surface area (Å²) in [5.41, 5.74) is 0.0505. The lowest BCUT2D eigenvalue weighted by molar-refractivity contribution is -0.166. The molecule has 2 aromatic rings. The minimum absolute atomic E-state index is 0. The summed E-state index contributed by atoms with van der Waals surface area (Å²) in [4.78, 5) is 46.8. The largest absolute Gasteiger partial charge is 0.478 e. The maximum atomic E-state index is 12.0. The minimum Gasteiger partial charge on any atom is -0.478 e. The van der Waals surface area contributed by atoms with Crippen LogP contribution in [0.3, 0.4) is 0 Å². The first-order valence-corrected chi connectivity index (χ1v) is 7.38. The van der Waals surface area contributed by atoms with Gasteiger partial charge in [0.1, 0.15) is 0 Å². The number of hydrogen-bond acceptors (Lipinski definition) is 6. The minimum atomic E-state index is -2.21. The number of aliphatic carboxylic acids is 2. The Balaban J connectivity index is 0.00000364. The Labute approximate surface area is 153 Å². The fraction of sp³-hybridized carbons (Fsp3) is 0.111. The van der Waals surface area contributed by atoms with Crippen LogP contribution in [0.4, 0.5) is 0 Å². The number of ether oxygens (including phenoxy) is 2. The normalized spacial score (nSPS) is 12.0. The van der Waals surface area contributed by atoms with Crippen molar-refractivity contribution in [2.75, 3.05) is 0 Å². The second-order valence-electron chi connectivity index (χ2n) is 5.06. The van der Waals surface area contributed by atoms with Crippen molar-refractivity contribution in [1.82, 2.24) is 0 Å². The van der Waals surface area contributed by atoms with Gasteiger partial charge in [0.25, 0.3) is 0 Å². The van der Waals surface area contributed by atoms with Crippen molar-refractivity contribution in [3.05, 3.63) is 71.8 Å². The van der Waals surface area contributed by atoms with Crippen LogP contribution in [-0.4, -0.2) is 51.8 Å². The molecule has 9 heteroatoms. The predicted octanol–water partition coefficient (Wildman–Crippen LogP) is 0.782. The molecule has 0 aliphatic heterocycles. The van der Waals surface area contributed by atoms with E-state index in [0.717, 1.165) is 0 Å². The number of rotatable bonds is 7. The van der Waals surface area contributed by atoms with Gasteiger partial charge in [0, 0.05) is 0 Å². The molecule has 0 aromatic heterocycles. The molecule has 142 valence electrons. The van der Waals surface area contributed by atoms with E-state index in [1.54, 1.807) is 12.1 Å². The second-order valence-corrected chi connectivity index (χ2v) is 5.06. The lowest BCUT2D eigenvalue weighted by Gasteiger charge is -2.21. The third-order valence-corrected chi connectivity index (χ3v) is 3.25. The molecule has 0 radical (unpaired) electrons. The van der Waals surface area contributed by atoms with E-state index in [0.29, 0.717) is 0 Å². The van der Waals surface area contributed by atoms with Gasteiger partial charge in [-0.2, -0.15) is 0 Å². The van der Waals surface area contributed by atoms with Crippen molar-refractivity contribution in [1.29, 1.82) is 0 Å². The SMILES string of the molecule is O.O=C(O[C@@H](C(=O)O)[C@@H](OC(=O)c1ccccc1)C(=O)O)c1ccccc1. The van der Waals surface area contributed by atoms with Crippen LogP contribution in [0.2, 0.25) is 0 Å². The van der Waals surface area contributed by atoms with Gasteiger partial charge in [-0.05, 0) is 24.3 Å². The second kappa shape index (κ2) is 9.68. The van der Waals surface area contributed by atoms with E-state index in [4.69, 9.17) is 9.47 Å². The van der Waals surface area contributed by atoms with Crippen LogP contribution in [0, 0.1) is 0 Å². The summed E-state index contributed by atoms with van der Waals surface area (Å²) in [5, 5.41) is 18.5. The monoisotopic (exact) mass is 376 g/mol. The lowest BCUT2D eigenvalue weighted by Crippen LogP contribution is -2.45. The van der Waals surface area contributed by atoms with Crippen molar-refractivity contribution >= 4 is 23.9 Å². The number of carbonyl (C=O) groups excluding carboxylic acids is 2. The summed E-state index contributed by atoms with van der Waals surface area (Å²) in [7, 11) is 0. The van der Waals surface area contributed by atoms with Crippen molar-refractivity contribution < 1.29 is 44.3 Å². The first kappa shape index (κ1) is 21.3. The van der Waals surface area contributed by atoms with Crippen LogP contribution in [0.25, 0.3) is 0 Å². The number of carboxylic acids is 2. The lowest BCUT2D eigenvalue weighted by atomic mass is 10.1. The Bertz CT molecular complexity index is 733. The molecule has 0 spiro atoms. The van der Waals surface area contributed by atoms with Crippen molar-refractivity contribution in [3.63, 3.8) is 0 Å². The molecule has 0 heterocycles. The topological polar surface area (TPSA) is 159 Å². The number of carboxylic acid groups (broad SMARTS) is 2. The van der Waals surface area contributed by atoms with Gasteiger partial charge in [0.2, 0.25) is 12.2 Å². The zero-order valence-corrected chi connectivity index (χ0v) is 13.8. The van der Waals surface area contributed by atoms with E-state index in [1.165, 1.54) is 48.5 Å². The third-order valence-electron chi connectivity index (χ3n) is 3.25. The molecule has 0 saturated carbocycles. The van der Waals surface area contributed by atoms with Gasteiger partial charge in [-0.25, -0.2) is 19.2 Å². The molecule has 9 nitrogen and oxygen atoms in total. The highest BCUT2D eigenvalue weighted by molar-refractivity contribution is 5.95. The zero-order valence-electron chi connectivity index (χ0n) is 13.8. The summed E-state index contributed by atoms with van der Waals surface area (Å²) in [5.74, 6) is -5.63. The van der Waals surface area contributed by atoms with Gasteiger partial charge < -0.3 is 25.2 Å². The van der Waals surface area contributed by atoms with E-state index in [1.807, 2.05) is 0 Å². The maximum Gasteiger partial charge on any atom is 0.349 e. The zero-order chi connectivity index (χ0) is 19.1. The Morgan fingerprint density at radius 2 is 0.926 bits per heavy atom. The number of esters is 2. The number of carbonyl (C=O) groups is 4. The van der Waals surface area contributed by atoms with E-state index in [2.05, 4.69) is 0 Å². The summed E-state index contributed by atoms with van der Waals surface area (Å²) < 4.78 is 9.52. The van der Waals surface area contributed by atoms with E-state index in [9.17, 15) is 29.4 Å². The molecule has 0 bridgehead atoms. The predicted molar refractivity (Wildman–Crippen MR) is 90.2 cm³/mol. The molecule has 2 aromatic carbocycles. The smallest absolute Gasteiger partial charge is 0.349 e. The highest BCUT2D eigenvalue weighted by Gasteiger charge is 2.40. The third kappa shape index (κ3) is 5.65. The van der Waals surface area contributed by atoms with Crippen molar-refractivity contribution in [2.24, 2.45) is 0 Å². The highest BCUT2D eigenvalue weighted by Crippen LogP contribution is 2.13. The van der Waals surface area contributed by atoms with Gasteiger partial charge in [-0.3, -0.25) is 0 Å². The molecule has 4 N–H and O–H groups in total. The van der Waals surface area contributed by atoms with Crippen molar-refractivity contribution in [3.8, 4) is 0 Å². The van der Waals surface area contributed by atoms with Crippen LogP contribution < -0.4 is 0 Å². The van der Waals surface area contributed by atoms with E-state index in [-0.39, 0.29) is 16.6 Å². The van der Waals surface area contributed by atoms with Gasteiger partial charge in [-0.15, -0.1) is 0 Å². The summed E-state index contributed by atoms with van der Waals surface area (Å²) in [6.45, 7) is 0. The molecule has 0 aliphatic rings. The van der Waals surface area contributed by atoms with Gasteiger partial charge in [0.15, 0.2) is 0 Å². The highest BCUT2D eigenvalue weighted by atomic mass is 16.6. The first-order valence-electron chi connectivity index (χ1n) is 7.38. The van der Waals surface area contributed by atoms with Crippen LogP contribution >= 0.6 is 0 Å². The first-order chi connectivity index (χ1) is 12.4. The Kier molecular flexibility index (Phi) is 7.65. The molecule has 0 aliphatic carbocycles. The Morgan fingerprint density at radius 3 is 1.19 bits per heavy atom. The Hall–Kier alpha value is -3.72. The summed E-state index contributed by atoms with van der Waals surface area (Å²) >= 11 is 0. The molecule has 2 rings (SSSR count). The fourth-order valence-electron chi connectivity index (χ4n) is 2.00. The maximum absolute atomic E-state index is 12.0. The molecular formula is C18H16O9. The molecular weight excluding hydrogens is 360 g/mol. The van der Waals surface area contributed by atoms with Crippen LogP contribution in [0.5, 0.6) is 0 Å². The average Bonchev–Trinajstić information content (AvgIpc) is 2.65. The van der Waals surface area contributed by atoms with Crippen LogP contribution in [0.15, 0.2) is 60.7 Å². The standard InChI is InChI=1S/C18H14O8.H2O/c19-15(20)13(25-17(23)11-7-3-1-4-8-11)14(16(21)22)26-18(24)12-9-5-2-6-10-12;/h1-10,13-14H,(H,19,20)(H,21,22);1H2/t13-,14-;/m1./s1. The molecule has 0 unspecified atom stereocenters. The average molecular weight is 376 g/mol. The van der Waals surface area contributed by atoms with Crippen LogP contribution in [-0.2, 0) is 19.1 Å². The molecule has 0 amide bonds. The molecule has 2 atom stereocenters. The van der Waals surface area contributed by atoms with Gasteiger partial charge in [-0.1, -0.05) is 36.4 Å². The molecule has 0 saturated heterocycles. The van der Waals surface area contributed by atoms with Crippen molar-refractivity contribution in [2.45, 2.75) is 12.2 Å². The molecule has 0 fully saturated rings. The Morgan fingerprint density at radius 1 is 0.630 bits per heavy atom. The van der Waals surface area contributed by atoms with E-state index < -0.39 is 36.1 Å². The quantitative estimate of drug-likeness (QED) is 0.671. The number of benzene rings is 2. The molecule has 27 heavy (non-hydrogen) atoms. The van der Waals surface area contributed by atoms with Crippen LogP contribution in [0.1, 0.15) is 20.7 Å². The number of hydrogen-bond donors (Lipinski definition) is 2. The fourth-order valence-corrected chi connectivity index (χ4v) is 2.00. The van der Waals surface area contributed by atoms with E-state index >= 15 is 0 Å². The van der Waals surface area contributed by atoms with Gasteiger partial charge in [0.05, 0.1) is 11.1 Å². The summed E-state index contributed by atoms with van der Waals surface area (Å²) in [6, 6.07) is 14.8. The van der Waals surface area contributed by atoms with Gasteiger partial charge >= 0.3 is 23.9 Å².